The molecule has 1 aromatic rings. The Balaban J connectivity index is 1.71. The molecule has 1 aliphatic carbocycles. The highest BCUT2D eigenvalue weighted by molar-refractivity contribution is 5.88. The first kappa shape index (κ1) is 14.0. The summed E-state index contributed by atoms with van der Waals surface area (Å²) in [4.78, 5) is 24.9. The summed E-state index contributed by atoms with van der Waals surface area (Å²) in [6.07, 6.45) is 1.72. The molecule has 0 bridgehead atoms. The molecule has 2 fully saturated rings. The fourth-order valence-corrected chi connectivity index (χ4v) is 3.08. The molecule has 4 nitrogen and oxygen atoms in total. The Morgan fingerprint density at radius 2 is 2.00 bits per heavy atom. The van der Waals surface area contributed by atoms with E-state index in [1.165, 1.54) is 11.0 Å². The molecule has 0 aromatic heterocycles. The van der Waals surface area contributed by atoms with Crippen molar-refractivity contribution in [1.82, 2.24) is 4.90 Å². The van der Waals surface area contributed by atoms with E-state index in [0.717, 1.165) is 12.1 Å². The van der Waals surface area contributed by atoms with Crippen molar-refractivity contribution in [2.75, 3.05) is 6.54 Å². The maximum atomic E-state index is 13.2. The molecule has 112 valence electrons. The Morgan fingerprint density at radius 3 is 2.67 bits per heavy atom. The Labute approximate surface area is 120 Å². The summed E-state index contributed by atoms with van der Waals surface area (Å²) >= 11 is 0. The van der Waals surface area contributed by atoms with Crippen molar-refractivity contribution in [3.8, 4) is 0 Å². The molecule has 1 saturated heterocycles. The van der Waals surface area contributed by atoms with E-state index in [4.69, 9.17) is 5.11 Å². The normalized spacial score (nSPS) is 27.7. The number of halogens is 2. The van der Waals surface area contributed by atoms with E-state index in [1.54, 1.807) is 0 Å². The minimum Gasteiger partial charge on any atom is -0.480 e. The zero-order chi connectivity index (χ0) is 15.1. The summed E-state index contributed by atoms with van der Waals surface area (Å²) in [5.41, 5.74) is 0.596. The van der Waals surface area contributed by atoms with Crippen LogP contribution in [0.25, 0.3) is 0 Å². The van der Waals surface area contributed by atoms with Gasteiger partial charge >= 0.3 is 5.97 Å². The number of hydrogen-bond acceptors (Lipinski definition) is 2. The summed E-state index contributed by atoms with van der Waals surface area (Å²) in [6.45, 7) is 0.455. The van der Waals surface area contributed by atoms with E-state index >= 15 is 0 Å². The average molecular weight is 295 g/mol. The largest absolute Gasteiger partial charge is 0.480 e. The van der Waals surface area contributed by atoms with E-state index in [1.807, 2.05) is 0 Å². The van der Waals surface area contributed by atoms with Crippen LogP contribution in [0.1, 0.15) is 30.7 Å². The lowest BCUT2D eigenvalue weighted by Gasteiger charge is -2.21. The molecule has 1 aromatic carbocycles. The van der Waals surface area contributed by atoms with E-state index in [-0.39, 0.29) is 17.7 Å². The second kappa shape index (κ2) is 5.09. The van der Waals surface area contributed by atoms with Gasteiger partial charge in [0, 0.05) is 12.5 Å². The number of rotatable bonds is 3. The summed E-state index contributed by atoms with van der Waals surface area (Å²) < 4.78 is 26.1. The van der Waals surface area contributed by atoms with Crippen molar-refractivity contribution >= 4 is 11.9 Å². The Kier molecular flexibility index (Phi) is 3.39. The average Bonchev–Trinajstić information content (AvgIpc) is 3.08. The standard InChI is InChI=1S/C15H15F2NO3/c16-11-4-3-8(6-12(11)17)9-7-10(9)14(19)18-5-1-2-13(18)15(20)21/h3-4,6,9-10,13H,1-2,5,7H2,(H,20,21)/t9?,10?,13-/m0/s1. The van der Waals surface area contributed by atoms with Crippen LogP contribution in [0.15, 0.2) is 18.2 Å². The second-order valence-electron chi connectivity index (χ2n) is 5.65. The molecule has 0 radical (unpaired) electrons. The van der Waals surface area contributed by atoms with Gasteiger partial charge < -0.3 is 10.0 Å². The van der Waals surface area contributed by atoms with Gasteiger partial charge in [0.05, 0.1) is 0 Å². The van der Waals surface area contributed by atoms with Gasteiger partial charge in [0.15, 0.2) is 11.6 Å². The number of nitrogens with zero attached hydrogens (tertiary/aromatic N) is 1. The molecule has 1 heterocycles. The first-order valence-corrected chi connectivity index (χ1v) is 6.97. The maximum absolute atomic E-state index is 13.2. The molecule has 0 spiro atoms. The van der Waals surface area contributed by atoms with E-state index in [9.17, 15) is 18.4 Å². The van der Waals surface area contributed by atoms with Gasteiger partial charge in [0.1, 0.15) is 6.04 Å². The lowest BCUT2D eigenvalue weighted by Crippen LogP contribution is -2.41. The number of carboxylic acid groups (broad SMARTS) is 1. The first-order valence-electron chi connectivity index (χ1n) is 6.97. The summed E-state index contributed by atoms with van der Waals surface area (Å²) in [7, 11) is 0. The van der Waals surface area contributed by atoms with E-state index in [0.29, 0.717) is 31.4 Å². The number of likely N-dealkylation sites (tertiary alicyclic amines) is 1. The van der Waals surface area contributed by atoms with Gasteiger partial charge in [-0.1, -0.05) is 6.07 Å². The number of carbonyl (C=O) groups excluding carboxylic acids is 1. The minimum atomic E-state index is -0.981. The highest BCUT2D eigenvalue weighted by Gasteiger charge is 2.48. The topological polar surface area (TPSA) is 57.6 Å². The molecule has 6 heteroatoms. The number of hydrogen-bond donors (Lipinski definition) is 1. The smallest absolute Gasteiger partial charge is 0.326 e. The summed E-state index contributed by atoms with van der Waals surface area (Å²) in [5, 5.41) is 9.10. The fourth-order valence-electron chi connectivity index (χ4n) is 3.08. The molecular formula is C15H15F2NO3. The third kappa shape index (κ3) is 2.50. The van der Waals surface area contributed by atoms with Crippen molar-refractivity contribution in [3.05, 3.63) is 35.4 Å². The van der Waals surface area contributed by atoms with Crippen LogP contribution in [0, 0.1) is 17.6 Å². The summed E-state index contributed by atoms with van der Waals surface area (Å²) in [6, 6.07) is 2.91. The number of carboxylic acids is 1. The van der Waals surface area contributed by atoms with Crippen LogP contribution in [-0.4, -0.2) is 34.5 Å². The fraction of sp³-hybridized carbons (Fsp3) is 0.467. The molecule has 1 aliphatic heterocycles. The number of benzene rings is 1. The van der Waals surface area contributed by atoms with Gasteiger partial charge in [-0.3, -0.25) is 4.79 Å². The zero-order valence-corrected chi connectivity index (χ0v) is 11.3. The van der Waals surface area contributed by atoms with Gasteiger partial charge in [0.25, 0.3) is 0 Å². The van der Waals surface area contributed by atoms with Gasteiger partial charge in [0.2, 0.25) is 5.91 Å². The Bertz CT molecular complexity index is 605. The van der Waals surface area contributed by atoms with Gasteiger partial charge in [-0.25, -0.2) is 13.6 Å². The van der Waals surface area contributed by atoms with Gasteiger partial charge in [-0.2, -0.15) is 0 Å². The lowest BCUT2D eigenvalue weighted by atomic mass is 10.1. The highest BCUT2D eigenvalue weighted by atomic mass is 19.2. The first-order chi connectivity index (χ1) is 9.99. The third-order valence-electron chi connectivity index (χ3n) is 4.30. The quantitative estimate of drug-likeness (QED) is 0.929. The number of aliphatic carboxylic acids is 1. The summed E-state index contributed by atoms with van der Waals surface area (Å²) in [5.74, 6) is -3.44. The molecule has 2 unspecified atom stereocenters. The number of amides is 1. The van der Waals surface area contributed by atoms with Crippen LogP contribution in [0.5, 0.6) is 0 Å². The van der Waals surface area contributed by atoms with Crippen LogP contribution >= 0.6 is 0 Å². The Morgan fingerprint density at radius 1 is 1.24 bits per heavy atom. The highest BCUT2D eigenvalue weighted by Crippen LogP contribution is 2.49. The molecule has 3 atom stereocenters. The molecule has 21 heavy (non-hydrogen) atoms. The second-order valence-corrected chi connectivity index (χ2v) is 5.65. The van der Waals surface area contributed by atoms with E-state index in [2.05, 4.69) is 0 Å². The molecule has 1 saturated carbocycles. The van der Waals surface area contributed by atoms with Crippen LogP contribution in [0.2, 0.25) is 0 Å². The third-order valence-corrected chi connectivity index (χ3v) is 4.30. The number of carbonyl (C=O) groups is 2. The molecular weight excluding hydrogens is 280 g/mol. The molecule has 1 N–H and O–H groups in total. The van der Waals surface area contributed by atoms with Gasteiger partial charge in [-0.15, -0.1) is 0 Å². The van der Waals surface area contributed by atoms with Crippen LogP contribution in [0.3, 0.4) is 0 Å². The Hall–Kier alpha value is -1.98. The van der Waals surface area contributed by atoms with Crippen molar-refractivity contribution in [1.29, 1.82) is 0 Å². The lowest BCUT2D eigenvalue weighted by molar-refractivity contribution is -0.148. The minimum absolute atomic E-state index is 0.136. The monoisotopic (exact) mass is 295 g/mol. The van der Waals surface area contributed by atoms with Gasteiger partial charge in [-0.05, 0) is 42.9 Å². The van der Waals surface area contributed by atoms with Crippen molar-refractivity contribution in [2.24, 2.45) is 5.92 Å². The molecule has 3 rings (SSSR count). The van der Waals surface area contributed by atoms with Crippen molar-refractivity contribution in [3.63, 3.8) is 0 Å². The van der Waals surface area contributed by atoms with Crippen LogP contribution in [0.4, 0.5) is 8.78 Å². The maximum Gasteiger partial charge on any atom is 0.326 e. The predicted molar refractivity (Wildman–Crippen MR) is 69.6 cm³/mol. The van der Waals surface area contributed by atoms with Crippen molar-refractivity contribution < 1.29 is 23.5 Å². The molecule has 2 aliphatic rings. The SMILES string of the molecule is O=C(O)[C@@H]1CCCN1C(=O)C1CC1c1ccc(F)c(F)c1. The predicted octanol–water partition coefficient (Wildman–Crippen LogP) is 2.14. The van der Waals surface area contributed by atoms with Crippen LogP contribution < -0.4 is 0 Å². The zero-order valence-electron chi connectivity index (χ0n) is 11.3. The van der Waals surface area contributed by atoms with Crippen LogP contribution in [-0.2, 0) is 9.59 Å². The molecule has 1 amide bonds. The van der Waals surface area contributed by atoms with E-state index < -0.39 is 23.6 Å². The van der Waals surface area contributed by atoms with Crippen molar-refractivity contribution in [2.45, 2.75) is 31.2 Å².